The Morgan fingerprint density at radius 2 is 1.90 bits per heavy atom. The average Bonchev–Trinajstić information content (AvgIpc) is 3.03. The van der Waals surface area contributed by atoms with Crippen molar-refractivity contribution in [2.75, 3.05) is 0 Å². The lowest BCUT2D eigenvalue weighted by atomic mass is 10.1. The number of carbonyl (C=O) groups is 2. The van der Waals surface area contributed by atoms with E-state index in [0.717, 1.165) is 5.56 Å². The van der Waals surface area contributed by atoms with Gasteiger partial charge in [0.25, 0.3) is 0 Å². The summed E-state index contributed by atoms with van der Waals surface area (Å²) < 4.78 is 5.13. The van der Waals surface area contributed by atoms with Crippen molar-refractivity contribution in [1.29, 1.82) is 0 Å². The predicted molar refractivity (Wildman–Crippen MR) is 73.5 cm³/mol. The van der Waals surface area contributed by atoms with E-state index in [2.05, 4.69) is 5.32 Å². The van der Waals surface area contributed by atoms with Crippen molar-refractivity contribution in [3.05, 3.63) is 35.9 Å². The molecule has 108 valence electrons. The number of rotatable bonds is 3. The summed E-state index contributed by atoms with van der Waals surface area (Å²) in [7, 11) is 0. The van der Waals surface area contributed by atoms with Gasteiger partial charge in [-0.2, -0.15) is 0 Å². The highest BCUT2D eigenvalue weighted by atomic mass is 16.6. The highest BCUT2D eigenvalue weighted by molar-refractivity contribution is 5.90. The number of carbonyl (C=O) groups excluding carboxylic acids is 1. The molecule has 0 heterocycles. The van der Waals surface area contributed by atoms with Crippen molar-refractivity contribution >= 4 is 12.1 Å². The lowest BCUT2D eigenvalue weighted by molar-refractivity contribution is -0.140. The number of alkyl carbamates (subject to hydrolysis) is 1. The third-order valence-corrected chi connectivity index (χ3v) is 3.27. The van der Waals surface area contributed by atoms with Gasteiger partial charge in [-0.15, -0.1) is 0 Å². The van der Waals surface area contributed by atoms with Gasteiger partial charge in [0.15, 0.2) is 0 Å². The maximum Gasteiger partial charge on any atom is 0.408 e. The van der Waals surface area contributed by atoms with Crippen molar-refractivity contribution in [2.45, 2.75) is 44.2 Å². The molecule has 1 aromatic rings. The monoisotopic (exact) mass is 277 g/mol. The van der Waals surface area contributed by atoms with Crippen molar-refractivity contribution in [2.24, 2.45) is 0 Å². The topological polar surface area (TPSA) is 75.6 Å². The lowest BCUT2D eigenvalue weighted by Gasteiger charge is -2.22. The zero-order valence-corrected chi connectivity index (χ0v) is 11.8. The standard InChI is InChI=1S/C15H19NO4/c1-14(2,3)20-13(19)16-15(12(17)18)9-11(15)10-7-5-4-6-8-10/h4-8,11H,9H2,1-3H3,(H,16,19)(H,17,18)/t11-,15-/m1/s1. The second-order valence-corrected chi connectivity index (χ2v) is 6.07. The van der Waals surface area contributed by atoms with Crippen LogP contribution in [0.5, 0.6) is 0 Å². The van der Waals surface area contributed by atoms with Crippen LogP contribution in [-0.2, 0) is 9.53 Å². The normalized spacial score (nSPS) is 24.9. The van der Waals surface area contributed by atoms with E-state index < -0.39 is 23.2 Å². The van der Waals surface area contributed by atoms with Crippen LogP contribution in [0.1, 0.15) is 38.7 Å². The van der Waals surface area contributed by atoms with Gasteiger partial charge in [-0.3, -0.25) is 0 Å². The van der Waals surface area contributed by atoms with E-state index in [4.69, 9.17) is 4.74 Å². The van der Waals surface area contributed by atoms with Gasteiger partial charge in [0, 0.05) is 5.92 Å². The third kappa shape index (κ3) is 2.92. The average molecular weight is 277 g/mol. The van der Waals surface area contributed by atoms with Crippen LogP contribution in [0.2, 0.25) is 0 Å². The number of ether oxygens (including phenoxy) is 1. The summed E-state index contributed by atoms with van der Waals surface area (Å²) in [6, 6.07) is 9.31. The Labute approximate surface area is 117 Å². The molecule has 1 aliphatic carbocycles. The van der Waals surface area contributed by atoms with E-state index in [-0.39, 0.29) is 5.92 Å². The van der Waals surface area contributed by atoms with E-state index in [1.54, 1.807) is 20.8 Å². The largest absolute Gasteiger partial charge is 0.479 e. The molecule has 2 N–H and O–H groups in total. The molecule has 1 aromatic carbocycles. The quantitative estimate of drug-likeness (QED) is 0.890. The molecule has 0 unspecified atom stereocenters. The fraction of sp³-hybridized carbons (Fsp3) is 0.467. The fourth-order valence-corrected chi connectivity index (χ4v) is 2.26. The number of hydrogen-bond donors (Lipinski definition) is 2. The molecule has 1 fully saturated rings. The van der Waals surface area contributed by atoms with Crippen LogP contribution in [0, 0.1) is 0 Å². The summed E-state index contributed by atoms with van der Waals surface area (Å²) in [5.41, 5.74) is -0.990. The molecule has 1 amide bonds. The van der Waals surface area contributed by atoms with Crippen LogP contribution in [0.15, 0.2) is 30.3 Å². The lowest BCUT2D eigenvalue weighted by Crippen LogP contribution is -2.46. The van der Waals surface area contributed by atoms with Gasteiger partial charge in [0.2, 0.25) is 0 Å². The Bertz CT molecular complexity index is 520. The minimum Gasteiger partial charge on any atom is -0.479 e. The SMILES string of the molecule is CC(C)(C)OC(=O)N[C@]1(C(=O)O)C[C@@H]1c1ccccc1. The smallest absolute Gasteiger partial charge is 0.408 e. The Morgan fingerprint density at radius 1 is 1.30 bits per heavy atom. The number of amides is 1. The number of carboxylic acids is 1. The molecule has 2 atom stereocenters. The Balaban J connectivity index is 2.11. The first-order valence-electron chi connectivity index (χ1n) is 6.54. The summed E-state index contributed by atoms with van der Waals surface area (Å²) in [5.74, 6) is -1.24. The van der Waals surface area contributed by atoms with Crippen molar-refractivity contribution in [1.82, 2.24) is 5.32 Å². The molecule has 1 aliphatic rings. The summed E-state index contributed by atoms with van der Waals surface area (Å²) >= 11 is 0. The zero-order valence-electron chi connectivity index (χ0n) is 11.8. The predicted octanol–water partition coefficient (Wildman–Crippen LogP) is 2.52. The van der Waals surface area contributed by atoms with Crippen LogP contribution in [0.3, 0.4) is 0 Å². The van der Waals surface area contributed by atoms with E-state index in [1.807, 2.05) is 30.3 Å². The van der Waals surface area contributed by atoms with E-state index >= 15 is 0 Å². The van der Waals surface area contributed by atoms with Gasteiger partial charge >= 0.3 is 12.1 Å². The van der Waals surface area contributed by atoms with Gasteiger partial charge in [-0.25, -0.2) is 9.59 Å². The Hall–Kier alpha value is -2.04. The minimum atomic E-state index is -1.25. The number of aliphatic carboxylic acids is 1. The summed E-state index contributed by atoms with van der Waals surface area (Å²) in [5, 5.41) is 11.9. The van der Waals surface area contributed by atoms with Crippen LogP contribution < -0.4 is 5.32 Å². The Kier molecular flexibility index (Phi) is 3.46. The molecular formula is C15H19NO4. The summed E-state index contributed by atoms with van der Waals surface area (Å²) in [4.78, 5) is 23.3. The molecule has 0 spiro atoms. The zero-order chi connectivity index (χ0) is 15.0. The van der Waals surface area contributed by atoms with Gasteiger partial charge in [-0.05, 0) is 32.8 Å². The molecule has 0 saturated heterocycles. The summed E-state index contributed by atoms with van der Waals surface area (Å²) in [6.07, 6.45) is -0.315. The highest BCUT2D eigenvalue weighted by Crippen LogP contribution is 2.51. The molecule has 1 saturated carbocycles. The first-order valence-corrected chi connectivity index (χ1v) is 6.54. The van der Waals surface area contributed by atoms with Gasteiger partial charge < -0.3 is 15.2 Å². The number of carboxylic acid groups (broad SMARTS) is 1. The van der Waals surface area contributed by atoms with Gasteiger partial charge in [0.05, 0.1) is 0 Å². The van der Waals surface area contributed by atoms with Crippen molar-refractivity contribution in [3.63, 3.8) is 0 Å². The second-order valence-electron chi connectivity index (χ2n) is 6.07. The van der Waals surface area contributed by atoms with Crippen LogP contribution >= 0.6 is 0 Å². The molecule has 2 rings (SSSR count). The molecule has 0 bridgehead atoms. The molecule has 20 heavy (non-hydrogen) atoms. The van der Waals surface area contributed by atoms with Crippen LogP contribution in [0.25, 0.3) is 0 Å². The van der Waals surface area contributed by atoms with Gasteiger partial charge in [-0.1, -0.05) is 30.3 Å². The maximum absolute atomic E-state index is 11.8. The number of nitrogens with one attached hydrogen (secondary N) is 1. The number of hydrogen-bond acceptors (Lipinski definition) is 3. The van der Waals surface area contributed by atoms with E-state index in [0.29, 0.717) is 6.42 Å². The van der Waals surface area contributed by atoms with Gasteiger partial charge in [0.1, 0.15) is 11.1 Å². The molecule has 0 aliphatic heterocycles. The minimum absolute atomic E-state index is 0.214. The maximum atomic E-state index is 11.8. The van der Waals surface area contributed by atoms with Crippen molar-refractivity contribution in [3.8, 4) is 0 Å². The highest BCUT2D eigenvalue weighted by Gasteiger charge is 2.62. The third-order valence-electron chi connectivity index (χ3n) is 3.27. The van der Waals surface area contributed by atoms with Crippen LogP contribution in [0.4, 0.5) is 4.79 Å². The van der Waals surface area contributed by atoms with E-state index in [1.165, 1.54) is 0 Å². The first kappa shape index (κ1) is 14.4. The molecule has 0 radical (unpaired) electrons. The fourth-order valence-electron chi connectivity index (χ4n) is 2.26. The molecule has 5 heteroatoms. The Morgan fingerprint density at radius 3 is 2.40 bits per heavy atom. The molecule has 5 nitrogen and oxygen atoms in total. The molecule has 0 aromatic heterocycles. The van der Waals surface area contributed by atoms with Crippen LogP contribution in [-0.4, -0.2) is 28.3 Å². The second kappa shape index (κ2) is 4.81. The number of benzene rings is 1. The van der Waals surface area contributed by atoms with E-state index in [9.17, 15) is 14.7 Å². The first-order chi connectivity index (χ1) is 9.24. The van der Waals surface area contributed by atoms with Crippen molar-refractivity contribution < 1.29 is 19.4 Å². The molecular weight excluding hydrogens is 258 g/mol. The summed E-state index contributed by atoms with van der Waals surface area (Å²) in [6.45, 7) is 5.21.